The van der Waals surface area contributed by atoms with Crippen molar-refractivity contribution in [1.82, 2.24) is 4.57 Å². The zero-order valence-electron chi connectivity index (χ0n) is 16.0. The summed E-state index contributed by atoms with van der Waals surface area (Å²) in [6, 6.07) is 14.7. The molecule has 4 rings (SSSR count). The lowest BCUT2D eigenvalue weighted by molar-refractivity contribution is 0.382. The summed E-state index contributed by atoms with van der Waals surface area (Å²) >= 11 is 0. The number of aromatic nitrogens is 1. The Kier molecular flexibility index (Phi) is 4.61. The van der Waals surface area contributed by atoms with E-state index in [4.69, 9.17) is 19.6 Å². The number of ether oxygens (including phenoxy) is 2. The van der Waals surface area contributed by atoms with Gasteiger partial charge in [0.1, 0.15) is 28.9 Å². The second kappa shape index (κ2) is 7.24. The van der Waals surface area contributed by atoms with Gasteiger partial charge in [-0.1, -0.05) is 18.2 Å². The number of fused-ring (bicyclic) bond motifs is 1. The summed E-state index contributed by atoms with van der Waals surface area (Å²) in [7, 11) is 1.54. The van der Waals surface area contributed by atoms with E-state index in [0.717, 1.165) is 0 Å². The SMILES string of the molecule is COc1ccccc1[C@H]1C(C#N)=C(N)Oc2cc(C)n(Cc3ccco3)c(=O)c21. The normalized spacial score (nSPS) is 15.4. The molecular formula is C22H19N3O4. The van der Waals surface area contributed by atoms with Crippen molar-refractivity contribution in [3.8, 4) is 17.6 Å². The molecule has 0 bridgehead atoms. The molecule has 29 heavy (non-hydrogen) atoms. The van der Waals surface area contributed by atoms with Crippen LogP contribution < -0.4 is 20.8 Å². The number of furan rings is 1. The standard InChI is InChI=1S/C22H19N3O4/c1-13-10-18-20(22(26)25(13)12-14-6-5-9-28-14)19(16(11-23)21(24)29-18)15-7-3-4-8-17(15)27-2/h3-10,19H,12,24H2,1-2H3/t19-/m0/s1. The summed E-state index contributed by atoms with van der Waals surface area (Å²) < 4.78 is 18.2. The minimum atomic E-state index is -0.698. The third-order valence-corrected chi connectivity index (χ3v) is 5.03. The van der Waals surface area contributed by atoms with Crippen molar-refractivity contribution in [1.29, 1.82) is 5.26 Å². The Balaban J connectivity index is 1.98. The van der Waals surface area contributed by atoms with Crippen LogP contribution in [0.15, 0.2) is 69.4 Å². The molecule has 0 spiro atoms. The van der Waals surface area contributed by atoms with Crippen LogP contribution in [0.2, 0.25) is 0 Å². The van der Waals surface area contributed by atoms with Crippen molar-refractivity contribution in [2.45, 2.75) is 19.4 Å². The molecule has 1 aliphatic rings. The molecule has 1 aliphatic heterocycles. The van der Waals surface area contributed by atoms with E-state index >= 15 is 0 Å². The van der Waals surface area contributed by atoms with Gasteiger partial charge in [0, 0.05) is 17.3 Å². The lowest BCUT2D eigenvalue weighted by Gasteiger charge is -2.28. The Morgan fingerprint density at radius 3 is 2.76 bits per heavy atom. The molecule has 1 aromatic carbocycles. The zero-order chi connectivity index (χ0) is 20.5. The minimum Gasteiger partial charge on any atom is -0.496 e. The van der Waals surface area contributed by atoms with Gasteiger partial charge < -0.3 is 24.2 Å². The van der Waals surface area contributed by atoms with Crippen molar-refractivity contribution in [3.05, 3.63) is 93.1 Å². The van der Waals surface area contributed by atoms with E-state index in [1.54, 1.807) is 42.2 Å². The number of methoxy groups -OCH3 is 1. The van der Waals surface area contributed by atoms with Crippen LogP contribution in [0.4, 0.5) is 0 Å². The van der Waals surface area contributed by atoms with Gasteiger partial charge in [-0.3, -0.25) is 4.79 Å². The lowest BCUT2D eigenvalue weighted by atomic mass is 9.83. The van der Waals surface area contributed by atoms with Crippen LogP contribution in [-0.2, 0) is 6.54 Å². The average Bonchev–Trinajstić information content (AvgIpc) is 3.23. The van der Waals surface area contributed by atoms with E-state index in [9.17, 15) is 10.1 Å². The predicted molar refractivity (Wildman–Crippen MR) is 106 cm³/mol. The van der Waals surface area contributed by atoms with Gasteiger partial charge in [-0.05, 0) is 25.1 Å². The number of nitrogens with zero attached hydrogens (tertiary/aromatic N) is 2. The van der Waals surface area contributed by atoms with Gasteiger partial charge in [-0.25, -0.2) is 0 Å². The Morgan fingerprint density at radius 1 is 1.28 bits per heavy atom. The third-order valence-electron chi connectivity index (χ3n) is 5.03. The van der Waals surface area contributed by atoms with Gasteiger partial charge in [-0.15, -0.1) is 0 Å². The predicted octanol–water partition coefficient (Wildman–Crippen LogP) is 3.02. The van der Waals surface area contributed by atoms with E-state index in [1.165, 1.54) is 0 Å². The van der Waals surface area contributed by atoms with Gasteiger partial charge in [0.2, 0.25) is 5.88 Å². The molecule has 7 nitrogen and oxygen atoms in total. The van der Waals surface area contributed by atoms with Crippen LogP contribution in [-0.4, -0.2) is 11.7 Å². The second-order valence-electron chi connectivity index (χ2n) is 6.70. The molecule has 0 radical (unpaired) electrons. The highest BCUT2D eigenvalue weighted by Crippen LogP contribution is 2.43. The molecule has 2 N–H and O–H groups in total. The van der Waals surface area contributed by atoms with Crippen molar-refractivity contribution in [2.24, 2.45) is 5.73 Å². The topological polar surface area (TPSA) is 103 Å². The van der Waals surface area contributed by atoms with E-state index < -0.39 is 5.92 Å². The van der Waals surface area contributed by atoms with Crippen LogP contribution in [0.3, 0.4) is 0 Å². The van der Waals surface area contributed by atoms with Gasteiger partial charge in [0.15, 0.2) is 0 Å². The molecular weight excluding hydrogens is 370 g/mol. The lowest BCUT2D eigenvalue weighted by Crippen LogP contribution is -2.33. The summed E-state index contributed by atoms with van der Waals surface area (Å²) in [6.07, 6.45) is 1.56. The number of pyridine rings is 1. The van der Waals surface area contributed by atoms with Crippen LogP contribution in [0.5, 0.6) is 11.5 Å². The summed E-state index contributed by atoms with van der Waals surface area (Å²) in [5.41, 5.74) is 7.65. The molecule has 0 fully saturated rings. The number of benzene rings is 1. The number of allylic oxidation sites excluding steroid dienone is 1. The van der Waals surface area contributed by atoms with E-state index in [1.807, 2.05) is 25.1 Å². The van der Waals surface area contributed by atoms with Crippen LogP contribution in [0.25, 0.3) is 0 Å². The highest BCUT2D eigenvalue weighted by Gasteiger charge is 2.35. The van der Waals surface area contributed by atoms with Crippen molar-refractivity contribution >= 4 is 0 Å². The summed E-state index contributed by atoms with van der Waals surface area (Å²) in [6.45, 7) is 2.08. The van der Waals surface area contributed by atoms with Crippen molar-refractivity contribution < 1.29 is 13.9 Å². The smallest absolute Gasteiger partial charge is 0.259 e. The Hall–Kier alpha value is -3.92. The fourth-order valence-electron chi connectivity index (χ4n) is 3.66. The molecule has 3 aromatic rings. The molecule has 0 saturated heterocycles. The number of hydrogen-bond donors (Lipinski definition) is 1. The van der Waals surface area contributed by atoms with E-state index in [0.29, 0.717) is 34.1 Å². The fourth-order valence-corrected chi connectivity index (χ4v) is 3.66. The molecule has 2 aromatic heterocycles. The highest BCUT2D eigenvalue weighted by atomic mass is 16.5. The maximum Gasteiger partial charge on any atom is 0.259 e. The van der Waals surface area contributed by atoms with Crippen LogP contribution in [0.1, 0.15) is 28.5 Å². The highest BCUT2D eigenvalue weighted by molar-refractivity contribution is 5.58. The number of rotatable bonds is 4. The van der Waals surface area contributed by atoms with Gasteiger partial charge in [0.25, 0.3) is 5.56 Å². The molecule has 0 unspecified atom stereocenters. The minimum absolute atomic E-state index is 0.0153. The van der Waals surface area contributed by atoms with Gasteiger partial charge in [-0.2, -0.15) is 5.26 Å². The Morgan fingerprint density at radius 2 is 2.07 bits per heavy atom. The molecule has 3 heterocycles. The number of nitriles is 1. The molecule has 0 saturated carbocycles. The molecule has 1 atom stereocenters. The number of para-hydroxylation sites is 1. The first-order valence-corrected chi connectivity index (χ1v) is 9.02. The summed E-state index contributed by atoms with van der Waals surface area (Å²) in [5, 5.41) is 9.77. The largest absolute Gasteiger partial charge is 0.496 e. The van der Waals surface area contributed by atoms with Crippen LogP contribution in [0, 0.1) is 18.3 Å². The number of hydrogen-bond acceptors (Lipinski definition) is 6. The van der Waals surface area contributed by atoms with E-state index in [-0.39, 0.29) is 23.6 Å². The molecule has 0 aliphatic carbocycles. The summed E-state index contributed by atoms with van der Waals surface area (Å²) in [5.74, 6) is 0.838. The van der Waals surface area contributed by atoms with Crippen molar-refractivity contribution in [2.75, 3.05) is 7.11 Å². The first-order chi connectivity index (χ1) is 14.0. The first-order valence-electron chi connectivity index (χ1n) is 9.02. The van der Waals surface area contributed by atoms with Gasteiger partial charge >= 0.3 is 0 Å². The van der Waals surface area contributed by atoms with Crippen LogP contribution >= 0.6 is 0 Å². The van der Waals surface area contributed by atoms with E-state index in [2.05, 4.69) is 6.07 Å². The fraction of sp³-hybridized carbons (Fsp3) is 0.182. The molecule has 0 amide bonds. The third kappa shape index (κ3) is 3.05. The summed E-state index contributed by atoms with van der Waals surface area (Å²) in [4.78, 5) is 13.5. The molecule has 7 heteroatoms. The van der Waals surface area contributed by atoms with Gasteiger partial charge in [0.05, 0.1) is 31.4 Å². The Labute approximate surface area is 167 Å². The number of nitrogens with two attached hydrogens (primary N) is 1. The number of aryl methyl sites for hydroxylation is 1. The molecule has 146 valence electrons. The maximum absolute atomic E-state index is 13.5. The van der Waals surface area contributed by atoms with Crippen molar-refractivity contribution in [3.63, 3.8) is 0 Å². The second-order valence-corrected chi connectivity index (χ2v) is 6.70. The zero-order valence-corrected chi connectivity index (χ0v) is 16.0. The monoisotopic (exact) mass is 389 g/mol. The average molecular weight is 389 g/mol. The maximum atomic E-state index is 13.5. The Bertz CT molecular complexity index is 1200. The quantitative estimate of drug-likeness (QED) is 0.736. The first kappa shape index (κ1) is 18.4.